The highest BCUT2D eigenvalue weighted by molar-refractivity contribution is 5.83. The Kier molecular flexibility index (Phi) is 6.84. The lowest BCUT2D eigenvalue weighted by Crippen LogP contribution is -2.47. The third-order valence-electron chi connectivity index (χ3n) is 4.84. The first-order valence-corrected chi connectivity index (χ1v) is 8.05. The monoisotopic (exact) mass is 268 g/mol. The molecule has 0 radical (unpaired) electrons. The molecule has 0 aromatic heterocycles. The molecular weight excluding hydrogens is 236 g/mol. The van der Waals surface area contributed by atoms with Crippen molar-refractivity contribution in [2.45, 2.75) is 59.8 Å². The number of hydrogen-bond acceptors (Lipinski definition) is 2. The Morgan fingerprint density at radius 3 is 2.58 bits per heavy atom. The van der Waals surface area contributed by atoms with Gasteiger partial charge in [0.1, 0.15) is 0 Å². The number of carbonyl (C=O) groups excluding carboxylic acids is 1. The van der Waals surface area contributed by atoms with Crippen molar-refractivity contribution in [2.24, 2.45) is 17.3 Å². The van der Waals surface area contributed by atoms with Gasteiger partial charge < -0.3 is 10.6 Å². The van der Waals surface area contributed by atoms with E-state index in [2.05, 4.69) is 38.3 Å². The van der Waals surface area contributed by atoms with E-state index in [1.54, 1.807) is 0 Å². The van der Waals surface area contributed by atoms with Crippen molar-refractivity contribution in [3.63, 3.8) is 0 Å². The van der Waals surface area contributed by atoms with Gasteiger partial charge in [0.2, 0.25) is 5.91 Å². The van der Waals surface area contributed by atoms with Crippen molar-refractivity contribution in [2.75, 3.05) is 19.6 Å². The Balaban J connectivity index is 2.48. The Hall–Kier alpha value is -0.570. The molecule has 2 unspecified atom stereocenters. The van der Waals surface area contributed by atoms with E-state index < -0.39 is 0 Å². The van der Waals surface area contributed by atoms with Crippen LogP contribution in [-0.4, -0.2) is 25.5 Å². The molecule has 0 aromatic carbocycles. The molecule has 1 fully saturated rings. The van der Waals surface area contributed by atoms with Gasteiger partial charge in [-0.3, -0.25) is 4.79 Å². The van der Waals surface area contributed by atoms with Crippen molar-refractivity contribution in [3.05, 3.63) is 0 Å². The van der Waals surface area contributed by atoms with Crippen molar-refractivity contribution in [3.8, 4) is 0 Å². The van der Waals surface area contributed by atoms with Gasteiger partial charge in [-0.25, -0.2) is 0 Å². The molecule has 1 rings (SSSR count). The lowest BCUT2D eigenvalue weighted by Gasteiger charge is -2.31. The van der Waals surface area contributed by atoms with Crippen molar-refractivity contribution >= 4 is 5.91 Å². The number of rotatable bonds is 8. The molecule has 2 atom stereocenters. The first-order valence-electron chi connectivity index (χ1n) is 8.05. The van der Waals surface area contributed by atoms with Crippen LogP contribution in [0.2, 0.25) is 0 Å². The molecule has 1 amide bonds. The van der Waals surface area contributed by atoms with E-state index in [1.807, 2.05) is 0 Å². The van der Waals surface area contributed by atoms with Gasteiger partial charge >= 0.3 is 0 Å². The topological polar surface area (TPSA) is 41.1 Å². The van der Waals surface area contributed by atoms with Crippen LogP contribution in [0.5, 0.6) is 0 Å². The predicted molar refractivity (Wildman–Crippen MR) is 81.1 cm³/mol. The fraction of sp³-hybridized carbons (Fsp3) is 0.938. The average Bonchev–Trinajstić information content (AvgIpc) is 2.89. The largest absolute Gasteiger partial charge is 0.355 e. The van der Waals surface area contributed by atoms with Gasteiger partial charge in [0, 0.05) is 13.1 Å². The highest BCUT2D eigenvalue weighted by Crippen LogP contribution is 2.34. The van der Waals surface area contributed by atoms with Crippen LogP contribution in [-0.2, 0) is 4.79 Å². The van der Waals surface area contributed by atoms with Gasteiger partial charge in [-0.2, -0.15) is 0 Å². The van der Waals surface area contributed by atoms with Gasteiger partial charge in [0.25, 0.3) is 0 Å². The Labute approximate surface area is 118 Å². The zero-order valence-electron chi connectivity index (χ0n) is 13.2. The van der Waals surface area contributed by atoms with Gasteiger partial charge in [0.15, 0.2) is 0 Å². The summed E-state index contributed by atoms with van der Waals surface area (Å²) in [5.41, 5.74) is -0.178. The number of nitrogens with one attached hydrogen (secondary N) is 2. The molecule has 1 heterocycles. The van der Waals surface area contributed by atoms with E-state index in [0.717, 1.165) is 32.5 Å². The summed E-state index contributed by atoms with van der Waals surface area (Å²) >= 11 is 0. The summed E-state index contributed by atoms with van der Waals surface area (Å²) in [6.07, 6.45) is 5.88. The Bertz CT molecular complexity index is 270. The lowest BCUT2D eigenvalue weighted by atomic mass is 9.75. The molecule has 112 valence electrons. The maximum Gasteiger partial charge on any atom is 0.227 e. The van der Waals surface area contributed by atoms with Crippen LogP contribution in [0.15, 0.2) is 0 Å². The number of unbranched alkanes of at least 4 members (excludes halogenated alkanes) is 1. The van der Waals surface area contributed by atoms with E-state index >= 15 is 0 Å². The van der Waals surface area contributed by atoms with E-state index in [9.17, 15) is 4.79 Å². The van der Waals surface area contributed by atoms with Crippen LogP contribution < -0.4 is 10.6 Å². The molecule has 3 heteroatoms. The van der Waals surface area contributed by atoms with E-state index in [1.165, 1.54) is 19.3 Å². The Morgan fingerprint density at radius 1 is 1.37 bits per heavy atom. The second kappa shape index (κ2) is 7.88. The normalized spacial score (nSPS) is 24.7. The van der Waals surface area contributed by atoms with Gasteiger partial charge in [-0.05, 0) is 31.2 Å². The van der Waals surface area contributed by atoms with Crippen LogP contribution in [0.1, 0.15) is 59.8 Å². The van der Waals surface area contributed by atoms with Crippen LogP contribution >= 0.6 is 0 Å². The van der Waals surface area contributed by atoms with Gasteiger partial charge in [-0.15, -0.1) is 0 Å². The van der Waals surface area contributed by atoms with Crippen LogP contribution in [0.25, 0.3) is 0 Å². The summed E-state index contributed by atoms with van der Waals surface area (Å²) in [6.45, 7) is 11.4. The smallest absolute Gasteiger partial charge is 0.227 e. The van der Waals surface area contributed by atoms with Crippen molar-refractivity contribution in [1.82, 2.24) is 10.6 Å². The summed E-state index contributed by atoms with van der Waals surface area (Å²) in [4.78, 5) is 12.6. The van der Waals surface area contributed by atoms with E-state index in [-0.39, 0.29) is 11.3 Å². The highest BCUT2D eigenvalue weighted by atomic mass is 16.2. The Morgan fingerprint density at radius 2 is 2.11 bits per heavy atom. The molecule has 0 aromatic rings. The fourth-order valence-electron chi connectivity index (χ4n) is 3.02. The number of carbonyl (C=O) groups is 1. The second-order valence-corrected chi connectivity index (χ2v) is 6.36. The lowest BCUT2D eigenvalue weighted by molar-refractivity contribution is -0.132. The molecular formula is C16H32N2O. The molecule has 3 nitrogen and oxygen atoms in total. The number of hydrogen-bond donors (Lipinski definition) is 2. The summed E-state index contributed by atoms with van der Waals surface area (Å²) in [7, 11) is 0. The average molecular weight is 268 g/mol. The molecule has 19 heavy (non-hydrogen) atoms. The molecule has 1 saturated heterocycles. The van der Waals surface area contributed by atoms with Crippen LogP contribution in [0.3, 0.4) is 0 Å². The molecule has 0 spiro atoms. The molecule has 0 bridgehead atoms. The quantitative estimate of drug-likeness (QED) is 0.710. The van der Waals surface area contributed by atoms with Crippen LogP contribution in [0.4, 0.5) is 0 Å². The van der Waals surface area contributed by atoms with Crippen LogP contribution in [0, 0.1) is 17.3 Å². The summed E-state index contributed by atoms with van der Waals surface area (Å²) < 4.78 is 0. The molecule has 0 aliphatic carbocycles. The zero-order valence-corrected chi connectivity index (χ0v) is 13.2. The standard InChI is InChI=1S/C16H32N2O/c1-5-7-8-14(6-2)11-18-15(19)16(13(3)4)9-10-17-12-16/h13-14,17H,5-12H2,1-4H3,(H,18,19). The minimum Gasteiger partial charge on any atom is -0.355 e. The minimum atomic E-state index is -0.178. The predicted octanol–water partition coefficient (Wildman–Crippen LogP) is 2.95. The van der Waals surface area contributed by atoms with Gasteiger partial charge in [-0.1, -0.05) is 47.0 Å². The summed E-state index contributed by atoms with van der Waals surface area (Å²) in [5, 5.41) is 6.58. The molecule has 1 aliphatic heterocycles. The SMILES string of the molecule is CCCCC(CC)CNC(=O)C1(C(C)C)CCNC1. The first-order chi connectivity index (χ1) is 9.06. The van der Waals surface area contributed by atoms with E-state index in [4.69, 9.17) is 0 Å². The second-order valence-electron chi connectivity index (χ2n) is 6.36. The maximum atomic E-state index is 12.6. The highest BCUT2D eigenvalue weighted by Gasteiger charge is 2.43. The third kappa shape index (κ3) is 4.20. The summed E-state index contributed by atoms with van der Waals surface area (Å²) in [5.74, 6) is 1.31. The fourth-order valence-corrected chi connectivity index (χ4v) is 3.02. The summed E-state index contributed by atoms with van der Waals surface area (Å²) in [6, 6.07) is 0. The molecule has 1 aliphatic rings. The zero-order chi connectivity index (χ0) is 14.3. The van der Waals surface area contributed by atoms with Crippen molar-refractivity contribution < 1.29 is 4.79 Å². The molecule has 0 saturated carbocycles. The molecule has 2 N–H and O–H groups in total. The third-order valence-corrected chi connectivity index (χ3v) is 4.84. The van der Waals surface area contributed by atoms with Crippen molar-refractivity contribution in [1.29, 1.82) is 0 Å². The van der Waals surface area contributed by atoms with Gasteiger partial charge in [0.05, 0.1) is 5.41 Å². The number of amides is 1. The minimum absolute atomic E-state index is 0.178. The first kappa shape index (κ1) is 16.5. The van der Waals surface area contributed by atoms with E-state index in [0.29, 0.717) is 11.8 Å². The maximum absolute atomic E-state index is 12.6.